The molecular weight excluding hydrogens is 280 g/mol. The van der Waals surface area contributed by atoms with Gasteiger partial charge < -0.3 is 4.42 Å². The van der Waals surface area contributed by atoms with Crippen molar-refractivity contribution >= 4 is 23.3 Å². The van der Waals surface area contributed by atoms with E-state index in [1.165, 1.54) is 27.8 Å². The summed E-state index contributed by atoms with van der Waals surface area (Å²) in [5.41, 5.74) is 6.29. The molecular formula is C19H13ClO. The fourth-order valence-electron chi connectivity index (χ4n) is 2.87. The minimum atomic E-state index is 0.762. The van der Waals surface area contributed by atoms with E-state index in [2.05, 4.69) is 36.4 Å². The molecule has 0 N–H and O–H groups in total. The second-order valence-electron chi connectivity index (χ2n) is 5.21. The van der Waals surface area contributed by atoms with Gasteiger partial charge in [-0.05, 0) is 58.2 Å². The zero-order valence-corrected chi connectivity index (χ0v) is 12.1. The largest absolute Gasteiger partial charge is 0.465 e. The van der Waals surface area contributed by atoms with Crippen molar-refractivity contribution in [2.24, 2.45) is 0 Å². The van der Waals surface area contributed by atoms with Crippen LogP contribution in [0, 0.1) is 0 Å². The standard InChI is InChI=1S/C19H13ClO/c20-16-8-6-13(7-9-16)17-4-1-3-14-11-15(12-18(14)17)19-5-2-10-21-19/h1-10,12H,11H2. The molecule has 4 rings (SSSR count). The molecule has 1 aliphatic rings. The molecule has 21 heavy (non-hydrogen) atoms. The molecule has 0 unspecified atom stereocenters. The molecule has 1 nitrogen and oxygen atoms in total. The zero-order chi connectivity index (χ0) is 14.2. The number of allylic oxidation sites excluding steroid dienone is 1. The quantitative estimate of drug-likeness (QED) is 0.591. The van der Waals surface area contributed by atoms with Crippen molar-refractivity contribution in [3.8, 4) is 11.1 Å². The monoisotopic (exact) mass is 292 g/mol. The highest BCUT2D eigenvalue weighted by Crippen LogP contribution is 2.37. The number of rotatable bonds is 2. The lowest BCUT2D eigenvalue weighted by atomic mass is 9.97. The Kier molecular flexibility index (Phi) is 2.94. The molecule has 0 amide bonds. The van der Waals surface area contributed by atoms with Gasteiger partial charge in [0.25, 0.3) is 0 Å². The van der Waals surface area contributed by atoms with Gasteiger partial charge in [-0.3, -0.25) is 0 Å². The lowest BCUT2D eigenvalue weighted by molar-refractivity contribution is 0.552. The van der Waals surface area contributed by atoms with Crippen LogP contribution in [-0.4, -0.2) is 0 Å². The Morgan fingerprint density at radius 1 is 0.905 bits per heavy atom. The Morgan fingerprint density at radius 2 is 1.76 bits per heavy atom. The highest BCUT2D eigenvalue weighted by molar-refractivity contribution is 6.30. The molecule has 0 saturated carbocycles. The molecule has 0 fully saturated rings. The van der Waals surface area contributed by atoms with Crippen molar-refractivity contribution < 1.29 is 4.42 Å². The highest BCUT2D eigenvalue weighted by atomic mass is 35.5. The SMILES string of the molecule is Clc1ccc(-c2cccc3c2C=C(c2ccco2)C3)cc1. The third kappa shape index (κ3) is 2.20. The maximum absolute atomic E-state index is 5.98. The predicted octanol–water partition coefficient (Wildman–Crippen LogP) is 5.70. The van der Waals surface area contributed by atoms with E-state index in [9.17, 15) is 0 Å². The molecule has 2 aromatic carbocycles. The van der Waals surface area contributed by atoms with Crippen LogP contribution in [0.4, 0.5) is 0 Å². The van der Waals surface area contributed by atoms with Crippen LogP contribution in [-0.2, 0) is 6.42 Å². The third-order valence-electron chi connectivity index (χ3n) is 3.89. The second kappa shape index (κ2) is 4.94. The van der Waals surface area contributed by atoms with Crippen LogP contribution in [0.25, 0.3) is 22.8 Å². The molecule has 1 aromatic heterocycles. The lowest BCUT2D eigenvalue weighted by Crippen LogP contribution is -1.87. The second-order valence-corrected chi connectivity index (χ2v) is 5.65. The number of benzene rings is 2. The number of hydrogen-bond acceptors (Lipinski definition) is 1. The summed E-state index contributed by atoms with van der Waals surface area (Å²) in [6.45, 7) is 0. The molecule has 102 valence electrons. The molecule has 3 aromatic rings. The van der Waals surface area contributed by atoms with E-state index in [1.54, 1.807) is 6.26 Å². The summed E-state index contributed by atoms with van der Waals surface area (Å²) < 4.78 is 5.52. The smallest absolute Gasteiger partial charge is 0.130 e. The molecule has 1 heterocycles. The van der Waals surface area contributed by atoms with E-state index in [-0.39, 0.29) is 0 Å². The van der Waals surface area contributed by atoms with E-state index in [1.807, 2.05) is 24.3 Å². The van der Waals surface area contributed by atoms with Crippen molar-refractivity contribution in [2.75, 3.05) is 0 Å². The van der Waals surface area contributed by atoms with Crippen LogP contribution in [0.15, 0.2) is 65.3 Å². The number of hydrogen-bond donors (Lipinski definition) is 0. The van der Waals surface area contributed by atoms with Gasteiger partial charge in [-0.15, -0.1) is 0 Å². The van der Waals surface area contributed by atoms with E-state index < -0.39 is 0 Å². The first-order chi connectivity index (χ1) is 10.3. The Bertz CT molecular complexity index is 811. The van der Waals surface area contributed by atoms with Crippen LogP contribution in [0.1, 0.15) is 16.9 Å². The van der Waals surface area contributed by atoms with Crippen molar-refractivity contribution in [1.29, 1.82) is 0 Å². The summed E-state index contributed by atoms with van der Waals surface area (Å²) >= 11 is 5.98. The molecule has 2 heteroatoms. The predicted molar refractivity (Wildman–Crippen MR) is 87.2 cm³/mol. The topological polar surface area (TPSA) is 13.1 Å². The maximum Gasteiger partial charge on any atom is 0.130 e. The first-order valence-corrected chi connectivity index (χ1v) is 7.31. The van der Waals surface area contributed by atoms with Gasteiger partial charge in [-0.2, -0.15) is 0 Å². The molecule has 1 aliphatic carbocycles. The van der Waals surface area contributed by atoms with Crippen molar-refractivity contribution in [3.05, 3.63) is 82.8 Å². The normalized spacial score (nSPS) is 13.1. The van der Waals surface area contributed by atoms with Crippen LogP contribution in [0.3, 0.4) is 0 Å². The Balaban J connectivity index is 1.82. The van der Waals surface area contributed by atoms with Gasteiger partial charge in [-0.25, -0.2) is 0 Å². The van der Waals surface area contributed by atoms with E-state index in [0.29, 0.717) is 0 Å². The summed E-state index contributed by atoms with van der Waals surface area (Å²) in [5, 5.41) is 0.762. The fraction of sp³-hybridized carbons (Fsp3) is 0.0526. The van der Waals surface area contributed by atoms with Gasteiger partial charge in [0.1, 0.15) is 5.76 Å². The molecule has 0 atom stereocenters. The highest BCUT2D eigenvalue weighted by Gasteiger charge is 2.18. The van der Waals surface area contributed by atoms with E-state index >= 15 is 0 Å². The molecule has 0 saturated heterocycles. The first-order valence-electron chi connectivity index (χ1n) is 6.93. The number of furan rings is 1. The van der Waals surface area contributed by atoms with Crippen LogP contribution < -0.4 is 0 Å². The van der Waals surface area contributed by atoms with Gasteiger partial charge in [0, 0.05) is 11.4 Å². The molecule has 0 bridgehead atoms. The molecule has 0 aliphatic heterocycles. The Morgan fingerprint density at radius 3 is 2.52 bits per heavy atom. The number of halogens is 1. The van der Waals surface area contributed by atoms with Crippen LogP contribution in [0.5, 0.6) is 0 Å². The van der Waals surface area contributed by atoms with Gasteiger partial charge in [-0.1, -0.05) is 41.9 Å². The lowest BCUT2D eigenvalue weighted by Gasteiger charge is -2.07. The van der Waals surface area contributed by atoms with Crippen LogP contribution >= 0.6 is 11.6 Å². The van der Waals surface area contributed by atoms with E-state index in [0.717, 1.165) is 17.2 Å². The maximum atomic E-state index is 5.98. The first kappa shape index (κ1) is 12.5. The summed E-state index contributed by atoms with van der Waals surface area (Å²) in [5.74, 6) is 0.952. The number of fused-ring (bicyclic) bond motifs is 1. The van der Waals surface area contributed by atoms with Gasteiger partial charge in [0.2, 0.25) is 0 Å². The molecule has 0 spiro atoms. The minimum Gasteiger partial charge on any atom is -0.465 e. The summed E-state index contributed by atoms with van der Waals surface area (Å²) in [4.78, 5) is 0. The van der Waals surface area contributed by atoms with Crippen molar-refractivity contribution in [1.82, 2.24) is 0 Å². The van der Waals surface area contributed by atoms with Gasteiger partial charge in [0.05, 0.1) is 6.26 Å². The average Bonchev–Trinajstić information content (AvgIpc) is 3.16. The van der Waals surface area contributed by atoms with Crippen LogP contribution in [0.2, 0.25) is 5.02 Å². The van der Waals surface area contributed by atoms with Crippen molar-refractivity contribution in [2.45, 2.75) is 6.42 Å². The fourth-order valence-corrected chi connectivity index (χ4v) is 2.99. The average molecular weight is 293 g/mol. The van der Waals surface area contributed by atoms with E-state index in [4.69, 9.17) is 16.0 Å². The molecule has 0 radical (unpaired) electrons. The van der Waals surface area contributed by atoms with Gasteiger partial charge in [0.15, 0.2) is 0 Å². The summed E-state index contributed by atoms with van der Waals surface area (Å²) in [7, 11) is 0. The summed E-state index contributed by atoms with van der Waals surface area (Å²) in [6, 6.07) is 18.4. The summed E-state index contributed by atoms with van der Waals surface area (Å²) in [6.07, 6.45) is 4.88. The van der Waals surface area contributed by atoms with Crippen molar-refractivity contribution in [3.63, 3.8) is 0 Å². The third-order valence-corrected chi connectivity index (χ3v) is 4.14. The Labute approximate surface area is 128 Å². The Hall–Kier alpha value is -2.25. The van der Waals surface area contributed by atoms with Gasteiger partial charge >= 0.3 is 0 Å². The zero-order valence-electron chi connectivity index (χ0n) is 11.3. The minimum absolute atomic E-state index is 0.762.